The molecule has 0 spiro atoms. The normalized spacial score (nSPS) is 11.3. The molecule has 0 aliphatic rings. The van der Waals surface area contributed by atoms with Crippen LogP contribution in [0.15, 0.2) is 96.6 Å². The van der Waals surface area contributed by atoms with Crippen LogP contribution in [0.1, 0.15) is 11.1 Å². The van der Waals surface area contributed by atoms with Gasteiger partial charge in [0.2, 0.25) is 0 Å². The zero-order chi connectivity index (χ0) is 28.2. The summed E-state index contributed by atoms with van der Waals surface area (Å²) in [5.41, 5.74) is 0.933. The van der Waals surface area contributed by atoms with Crippen molar-refractivity contribution in [3.63, 3.8) is 0 Å². The fourth-order valence-electron chi connectivity index (χ4n) is 4.38. The number of carbonyl (C=O) groups is 1. The summed E-state index contributed by atoms with van der Waals surface area (Å²) in [7, 11) is 0. The number of nitro benzene ring substituents is 1. The van der Waals surface area contributed by atoms with Crippen molar-refractivity contribution >= 4 is 68.1 Å². The van der Waals surface area contributed by atoms with Crippen LogP contribution in [0.2, 0.25) is 10.0 Å². The van der Waals surface area contributed by atoms with Gasteiger partial charge in [0.25, 0.3) is 11.6 Å². The minimum absolute atomic E-state index is 0.0366. The van der Waals surface area contributed by atoms with Crippen molar-refractivity contribution < 1.29 is 14.5 Å². The summed E-state index contributed by atoms with van der Waals surface area (Å²) in [5.74, 6) is -0.299. The minimum Gasteiger partial charge on any atom is -0.488 e. The number of carbonyl (C=O) groups excluding carboxylic acids is 1. The van der Waals surface area contributed by atoms with Gasteiger partial charge in [-0.1, -0.05) is 96.0 Å². The van der Waals surface area contributed by atoms with E-state index >= 15 is 0 Å². The average molecular weight is 568 g/mol. The molecule has 9 heteroatoms. The van der Waals surface area contributed by atoms with Gasteiger partial charge in [-0.05, 0) is 39.3 Å². The lowest BCUT2D eigenvalue weighted by molar-refractivity contribution is -0.384. The Labute approximate surface area is 239 Å². The highest BCUT2D eigenvalue weighted by atomic mass is 35.5. The third-order valence-corrected chi connectivity index (χ3v) is 6.92. The third-order valence-electron chi connectivity index (χ3n) is 6.32. The molecule has 0 aromatic heterocycles. The molecule has 0 bridgehead atoms. The molecule has 0 aliphatic carbocycles. The van der Waals surface area contributed by atoms with Crippen molar-refractivity contribution in [3.05, 3.63) is 128 Å². The summed E-state index contributed by atoms with van der Waals surface area (Å²) >= 11 is 12.3. The van der Waals surface area contributed by atoms with Crippen molar-refractivity contribution in [1.82, 2.24) is 0 Å². The van der Waals surface area contributed by atoms with Gasteiger partial charge in [0.05, 0.1) is 20.7 Å². The van der Waals surface area contributed by atoms with Gasteiger partial charge in [0.15, 0.2) is 0 Å². The number of nitro groups is 1. The molecule has 0 atom stereocenters. The molecule has 196 valence electrons. The van der Waals surface area contributed by atoms with Crippen LogP contribution >= 0.6 is 23.2 Å². The van der Waals surface area contributed by atoms with Crippen molar-refractivity contribution in [1.29, 1.82) is 5.26 Å². The van der Waals surface area contributed by atoms with E-state index in [2.05, 4.69) is 5.32 Å². The number of nitrogens with zero attached hydrogens (tertiary/aromatic N) is 2. The van der Waals surface area contributed by atoms with Crippen molar-refractivity contribution in [3.8, 4) is 11.8 Å². The van der Waals surface area contributed by atoms with Crippen LogP contribution in [0.25, 0.3) is 27.6 Å². The smallest absolute Gasteiger partial charge is 0.272 e. The predicted octanol–water partition coefficient (Wildman–Crippen LogP) is 8.33. The molecular formula is C31H19Cl2N3O4. The second kappa shape index (κ2) is 11.5. The summed E-state index contributed by atoms with van der Waals surface area (Å²) in [6.07, 6.45) is 1.45. The number of rotatable bonds is 7. The Morgan fingerprint density at radius 3 is 2.23 bits per heavy atom. The number of benzene rings is 5. The Balaban J connectivity index is 1.51. The van der Waals surface area contributed by atoms with Gasteiger partial charge in [-0.15, -0.1) is 0 Å². The zero-order valence-corrected chi connectivity index (χ0v) is 22.2. The molecular weight excluding hydrogens is 549 g/mol. The van der Waals surface area contributed by atoms with Crippen LogP contribution in [0.3, 0.4) is 0 Å². The van der Waals surface area contributed by atoms with E-state index in [9.17, 15) is 20.2 Å². The maximum absolute atomic E-state index is 13.2. The van der Waals surface area contributed by atoms with Crippen molar-refractivity contribution in [2.45, 2.75) is 6.61 Å². The van der Waals surface area contributed by atoms with Crippen LogP contribution in [0.5, 0.6) is 5.75 Å². The van der Waals surface area contributed by atoms with Crippen LogP contribution in [-0.4, -0.2) is 10.8 Å². The van der Waals surface area contributed by atoms with Crippen LogP contribution < -0.4 is 10.1 Å². The van der Waals surface area contributed by atoms with Gasteiger partial charge in [-0.3, -0.25) is 14.9 Å². The standard InChI is InChI=1S/C31H19Cl2N3O4/c32-27-15-23(36(38)39)16-28(33)30(27)35-31(37)22(17-34)14-26-25-11-4-2-7-20(25)12-13-29(26)40-18-21-9-5-8-19-6-1-3-10-24(19)21/h1-16H,18H2,(H,35,37)/b22-14+. The monoisotopic (exact) mass is 567 g/mol. The molecule has 1 N–H and O–H groups in total. The van der Waals surface area contributed by atoms with Gasteiger partial charge >= 0.3 is 0 Å². The molecule has 0 unspecified atom stereocenters. The Morgan fingerprint density at radius 2 is 1.55 bits per heavy atom. The van der Waals surface area contributed by atoms with E-state index in [4.69, 9.17) is 27.9 Å². The molecule has 0 heterocycles. The van der Waals surface area contributed by atoms with Crippen LogP contribution in [0.4, 0.5) is 11.4 Å². The minimum atomic E-state index is -0.784. The van der Waals surface area contributed by atoms with Gasteiger partial charge in [0.1, 0.15) is 24.0 Å². The second-order valence-electron chi connectivity index (χ2n) is 8.79. The van der Waals surface area contributed by atoms with E-state index in [-0.39, 0.29) is 33.6 Å². The highest BCUT2D eigenvalue weighted by Gasteiger charge is 2.19. The maximum Gasteiger partial charge on any atom is 0.272 e. The highest BCUT2D eigenvalue weighted by Crippen LogP contribution is 2.36. The average Bonchev–Trinajstić information content (AvgIpc) is 2.96. The lowest BCUT2D eigenvalue weighted by Crippen LogP contribution is -2.14. The fourth-order valence-corrected chi connectivity index (χ4v) is 4.95. The number of ether oxygens (including phenoxy) is 1. The first-order valence-electron chi connectivity index (χ1n) is 12.0. The summed E-state index contributed by atoms with van der Waals surface area (Å²) in [6.45, 7) is 0.266. The second-order valence-corrected chi connectivity index (χ2v) is 9.61. The first-order valence-corrected chi connectivity index (χ1v) is 12.8. The largest absolute Gasteiger partial charge is 0.488 e. The number of fused-ring (bicyclic) bond motifs is 2. The van der Waals surface area contributed by atoms with E-state index in [1.165, 1.54) is 6.08 Å². The Bertz CT molecular complexity index is 1850. The Kier molecular flexibility index (Phi) is 7.65. The van der Waals surface area contributed by atoms with E-state index < -0.39 is 10.8 Å². The number of nitriles is 1. The molecule has 1 amide bonds. The van der Waals surface area contributed by atoms with E-state index in [1.54, 1.807) is 6.07 Å². The number of hydrogen-bond donors (Lipinski definition) is 1. The number of non-ortho nitro benzene ring substituents is 1. The molecule has 0 saturated carbocycles. The third kappa shape index (κ3) is 5.45. The van der Waals surface area contributed by atoms with Gasteiger partial charge in [-0.2, -0.15) is 5.26 Å². The Morgan fingerprint density at radius 1 is 0.925 bits per heavy atom. The highest BCUT2D eigenvalue weighted by molar-refractivity contribution is 6.40. The number of anilines is 1. The molecule has 0 fully saturated rings. The fraction of sp³-hybridized carbons (Fsp3) is 0.0323. The lowest BCUT2D eigenvalue weighted by atomic mass is 10.0. The van der Waals surface area contributed by atoms with Crippen molar-refractivity contribution in [2.75, 3.05) is 5.32 Å². The first kappa shape index (κ1) is 26.7. The molecule has 5 aromatic rings. The summed E-state index contributed by atoms with van der Waals surface area (Å²) < 4.78 is 6.26. The van der Waals surface area contributed by atoms with Gasteiger partial charge in [0, 0.05) is 17.7 Å². The molecule has 0 radical (unpaired) electrons. The number of nitrogens with one attached hydrogen (secondary N) is 1. The van der Waals surface area contributed by atoms with E-state index in [0.29, 0.717) is 11.3 Å². The molecule has 7 nitrogen and oxygen atoms in total. The number of halogens is 2. The quantitative estimate of drug-likeness (QED) is 0.0920. The maximum atomic E-state index is 13.2. The Hall–Kier alpha value is -4.90. The van der Waals surface area contributed by atoms with E-state index in [1.807, 2.05) is 78.9 Å². The molecule has 5 aromatic carbocycles. The lowest BCUT2D eigenvalue weighted by Gasteiger charge is -2.14. The van der Waals surface area contributed by atoms with Gasteiger partial charge in [-0.25, -0.2) is 0 Å². The summed E-state index contributed by atoms with van der Waals surface area (Å²) in [4.78, 5) is 23.6. The van der Waals surface area contributed by atoms with Crippen LogP contribution in [-0.2, 0) is 11.4 Å². The topological polar surface area (TPSA) is 105 Å². The zero-order valence-electron chi connectivity index (χ0n) is 20.7. The predicted molar refractivity (Wildman–Crippen MR) is 158 cm³/mol. The summed E-state index contributed by atoms with van der Waals surface area (Å²) in [5, 5.41) is 27.1. The van der Waals surface area contributed by atoms with Crippen molar-refractivity contribution in [2.24, 2.45) is 0 Å². The first-order chi connectivity index (χ1) is 19.4. The van der Waals surface area contributed by atoms with E-state index in [0.717, 1.165) is 39.2 Å². The molecule has 40 heavy (non-hydrogen) atoms. The van der Waals surface area contributed by atoms with Gasteiger partial charge < -0.3 is 10.1 Å². The molecule has 0 aliphatic heterocycles. The van der Waals surface area contributed by atoms with Crippen LogP contribution in [0, 0.1) is 21.4 Å². The number of hydrogen-bond acceptors (Lipinski definition) is 5. The SMILES string of the molecule is N#C/C(=C\c1c(OCc2cccc3ccccc23)ccc2ccccc12)C(=O)Nc1c(Cl)cc([N+](=O)[O-])cc1Cl. The molecule has 5 rings (SSSR count). The summed E-state index contributed by atoms with van der Waals surface area (Å²) in [6, 6.07) is 29.3. The molecule has 0 saturated heterocycles. The number of amides is 1.